The molecule has 2 aromatic carbocycles. The average molecular weight is 465 g/mol. The van der Waals surface area contributed by atoms with E-state index in [0.29, 0.717) is 17.7 Å². The summed E-state index contributed by atoms with van der Waals surface area (Å²) in [7, 11) is 0. The zero-order valence-electron chi connectivity index (χ0n) is 16.6. The van der Waals surface area contributed by atoms with E-state index < -0.39 is 28.9 Å². The largest absolute Gasteiger partial charge is 0.755 e. The van der Waals surface area contributed by atoms with E-state index in [0.717, 1.165) is 34.8 Å². The highest BCUT2D eigenvalue weighted by atomic mass is 32.2. The molecule has 0 aliphatic rings. The van der Waals surface area contributed by atoms with Crippen LogP contribution in [0.15, 0.2) is 47.8 Å². The van der Waals surface area contributed by atoms with E-state index in [1.54, 1.807) is 24.3 Å². The standard InChI is InChI=1S/C21H21F2N3O3S2/c1-2-15-12-30-21(24-15)19(10-13-3-6-16(7-4-13)26-31(28)29)25-20(27)11-14-5-8-17(22)18(23)9-14/h3-9,12,19,26H,2,10-11H2,1H3,(H,25,27)(H,28,29)/p-1/t19-/m0/s1. The molecular formula is C21H20F2N3O3S2-. The smallest absolute Gasteiger partial charge is 0.224 e. The van der Waals surface area contributed by atoms with Gasteiger partial charge in [0.15, 0.2) is 11.6 Å². The minimum atomic E-state index is -2.41. The number of benzene rings is 2. The molecular weight excluding hydrogens is 444 g/mol. The Morgan fingerprint density at radius 1 is 1.16 bits per heavy atom. The van der Waals surface area contributed by atoms with E-state index in [4.69, 9.17) is 0 Å². The molecule has 1 amide bonds. The van der Waals surface area contributed by atoms with Gasteiger partial charge in [-0.05, 0) is 48.2 Å². The van der Waals surface area contributed by atoms with Gasteiger partial charge in [0.05, 0.1) is 18.2 Å². The molecule has 164 valence electrons. The van der Waals surface area contributed by atoms with Crippen LogP contribution in [-0.2, 0) is 35.3 Å². The van der Waals surface area contributed by atoms with Crippen LogP contribution in [0.2, 0.25) is 0 Å². The van der Waals surface area contributed by atoms with Crippen LogP contribution in [0.4, 0.5) is 14.5 Å². The Hall–Kier alpha value is -2.69. The number of hydrogen-bond acceptors (Lipinski definition) is 5. The van der Waals surface area contributed by atoms with Gasteiger partial charge in [-0.2, -0.15) is 0 Å². The van der Waals surface area contributed by atoms with Gasteiger partial charge in [0.2, 0.25) is 5.91 Å². The summed E-state index contributed by atoms with van der Waals surface area (Å²) in [6.45, 7) is 1.99. The van der Waals surface area contributed by atoms with Crippen molar-refractivity contribution in [2.75, 3.05) is 4.72 Å². The van der Waals surface area contributed by atoms with Crippen molar-refractivity contribution in [2.45, 2.75) is 32.2 Å². The molecule has 31 heavy (non-hydrogen) atoms. The Kier molecular flexibility index (Phi) is 7.83. The van der Waals surface area contributed by atoms with Crippen LogP contribution in [0.3, 0.4) is 0 Å². The van der Waals surface area contributed by atoms with Gasteiger partial charge >= 0.3 is 0 Å². The molecule has 0 saturated heterocycles. The Morgan fingerprint density at radius 3 is 2.48 bits per heavy atom. The van der Waals surface area contributed by atoms with E-state index in [2.05, 4.69) is 15.0 Å². The number of aromatic nitrogens is 1. The van der Waals surface area contributed by atoms with Crippen molar-refractivity contribution in [1.29, 1.82) is 0 Å². The van der Waals surface area contributed by atoms with Crippen LogP contribution < -0.4 is 10.0 Å². The maximum absolute atomic E-state index is 13.4. The van der Waals surface area contributed by atoms with Crippen molar-refractivity contribution in [1.82, 2.24) is 10.3 Å². The molecule has 0 spiro atoms. The molecule has 0 aliphatic heterocycles. The van der Waals surface area contributed by atoms with Crippen molar-refractivity contribution in [3.63, 3.8) is 0 Å². The molecule has 2 atom stereocenters. The molecule has 0 aliphatic carbocycles. The first-order valence-electron chi connectivity index (χ1n) is 9.46. The summed E-state index contributed by atoms with van der Waals surface area (Å²) in [4.78, 5) is 17.2. The molecule has 0 bridgehead atoms. The number of nitrogens with one attached hydrogen (secondary N) is 2. The van der Waals surface area contributed by atoms with E-state index in [1.807, 2.05) is 12.3 Å². The van der Waals surface area contributed by atoms with Crippen molar-refractivity contribution >= 4 is 34.2 Å². The third kappa shape index (κ3) is 6.65. The second-order valence-electron chi connectivity index (χ2n) is 6.81. The van der Waals surface area contributed by atoms with Gasteiger partial charge < -0.3 is 14.6 Å². The maximum atomic E-state index is 13.4. The predicted molar refractivity (Wildman–Crippen MR) is 115 cm³/mol. The van der Waals surface area contributed by atoms with Crippen LogP contribution in [-0.4, -0.2) is 19.7 Å². The molecule has 1 heterocycles. The molecule has 2 N–H and O–H groups in total. The Morgan fingerprint density at radius 2 is 1.87 bits per heavy atom. The topological polar surface area (TPSA) is 94.1 Å². The Bertz CT molecular complexity index is 1070. The van der Waals surface area contributed by atoms with Gasteiger partial charge in [-0.15, -0.1) is 11.3 Å². The number of carbonyl (C=O) groups excluding carboxylic acids is 1. The molecule has 0 radical (unpaired) electrons. The fourth-order valence-corrected chi connectivity index (χ4v) is 4.25. The first-order chi connectivity index (χ1) is 14.8. The summed E-state index contributed by atoms with van der Waals surface area (Å²) in [5.74, 6) is -2.30. The molecule has 0 saturated carbocycles. The maximum Gasteiger partial charge on any atom is 0.224 e. The molecule has 3 rings (SSSR count). The number of nitrogens with zero attached hydrogens (tertiary/aromatic N) is 1. The quantitative estimate of drug-likeness (QED) is 0.471. The lowest BCUT2D eigenvalue weighted by Crippen LogP contribution is -2.31. The number of carbonyl (C=O) groups is 1. The first kappa shape index (κ1) is 23.0. The average Bonchev–Trinajstić information content (AvgIpc) is 3.20. The number of aryl methyl sites for hydroxylation is 1. The number of hydrogen-bond donors (Lipinski definition) is 2. The van der Waals surface area contributed by atoms with E-state index in [1.165, 1.54) is 17.4 Å². The van der Waals surface area contributed by atoms with Crippen LogP contribution in [0.5, 0.6) is 0 Å². The number of thiazole rings is 1. The number of amides is 1. The van der Waals surface area contributed by atoms with Gasteiger partial charge in [-0.25, -0.2) is 13.8 Å². The monoisotopic (exact) mass is 464 g/mol. The minimum absolute atomic E-state index is 0.0993. The number of anilines is 1. The van der Waals surface area contributed by atoms with Crippen LogP contribution in [0.25, 0.3) is 0 Å². The highest BCUT2D eigenvalue weighted by Crippen LogP contribution is 2.24. The second kappa shape index (κ2) is 10.6. The van der Waals surface area contributed by atoms with Crippen molar-refractivity contribution in [3.8, 4) is 0 Å². The first-order valence-corrected chi connectivity index (χ1v) is 11.4. The van der Waals surface area contributed by atoms with Gasteiger partial charge in [-0.1, -0.05) is 25.1 Å². The Balaban J connectivity index is 1.75. The van der Waals surface area contributed by atoms with Gasteiger partial charge in [-0.3, -0.25) is 9.00 Å². The summed E-state index contributed by atoms with van der Waals surface area (Å²) in [5.41, 5.74) is 2.58. The van der Waals surface area contributed by atoms with Gasteiger partial charge in [0, 0.05) is 22.3 Å². The van der Waals surface area contributed by atoms with Crippen LogP contribution in [0.1, 0.15) is 34.8 Å². The summed E-state index contributed by atoms with van der Waals surface area (Å²) >= 11 is -0.972. The van der Waals surface area contributed by atoms with Crippen LogP contribution in [0, 0.1) is 11.6 Å². The summed E-state index contributed by atoms with van der Waals surface area (Å²) < 4.78 is 50.3. The van der Waals surface area contributed by atoms with E-state index in [-0.39, 0.29) is 12.3 Å². The second-order valence-corrected chi connectivity index (χ2v) is 8.38. The summed E-state index contributed by atoms with van der Waals surface area (Å²) in [6.07, 6.45) is 1.09. The molecule has 6 nitrogen and oxygen atoms in total. The molecule has 1 aromatic heterocycles. The molecule has 1 unspecified atom stereocenters. The third-order valence-corrected chi connectivity index (χ3v) is 5.92. The summed E-state index contributed by atoms with van der Waals surface area (Å²) in [5, 5.41) is 5.59. The highest BCUT2D eigenvalue weighted by molar-refractivity contribution is 7.80. The summed E-state index contributed by atoms with van der Waals surface area (Å²) in [6, 6.07) is 9.74. The molecule has 3 aromatic rings. The van der Waals surface area contributed by atoms with Crippen molar-refractivity contribution < 1.29 is 22.3 Å². The molecule has 10 heteroatoms. The van der Waals surface area contributed by atoms with Gasteiger partial charge in [0.1, 0.15) is 5.01 Å². The fraction of sp³-hybridized carbons (Fsp3) is 0.238. The van der Waals surface area contributed by atoms with Gasteiger partial charge in [0.25, 0.3) is 0 Å². The zero-order chi connectivity index (χ0) is 22.4. The lowest BCUT2D eigenvalue weighted by Gasteiger charge is -2.17. The van der Waals surface area contributed by atoms with E-state index in [9.17, 15) is 22.3 Å². The van der Waals surface area contributed by atoms with Crippen molar-refractivity contribution in [3.05, 3.63) is 81.3 Å². The predicted octanol–water partition coefficient (Wildman–Crippen LogP) is 3.83. The van der Waals surface area contributed by atoms with Crippen LogP contribution >= 0.6 is 11.3 Å². The highest BCUT2D eigenvalue weighted by Gasteiger charge is 2.19. The minimum Gasteiger partial charge on any atom is -0.755 e. The lowest BCUT2D eigenvalue weighted by molar-refractivity contribution is -0.121. The Labute approximate surface area is 185 Å². The third-order valence-electron chi connectivity index (χ3n) is 4.51. The number of halogens is 2. The fourth-order valence-electron chi connectivity index (χ4n) is 2.97. The molecule has 0 fully saturated rings. The van der Waals surface area contributed by atoms with Crippen molar-refractivity contribution in [2.24, 2.45) is 0 Å². The SMILES string of the molecule is CCc1csc([C@H](Cc2ccc(NS(=O)[O-])cc2)NC(=O)Cc2ccc(F)c(F)c2)n1. The lowest BCUT2D eigenvalue weighted by atomic mass is 10.0. The zero-order valence-corrected chi connectivity index (χ0v) is 18.2. The van der Waals surface area contributed by atoms with E-state index >= 15 is 0 Å². The normalized spacial score (nSPS) is 12.9. The number of rotatable bonds is 9.